The number of hydrogen-bond donors (Lipinski definition) is 0. The molecule has 0 spiro atoms. The first-order valence-electron chi connectivity index (χ1n) is 4.44. The average Bonchev–Trinajstić information content (AvgIpc) is 2.57. The van der Waals surface area contributed by atoms with Gasteiger partial charge in [0, 0.05) is 18.7 Å². The lowest BCUT2D eigenvalue weighted by atomic mass is 10.3. The Kier molecular flexibility index (Phi) is 2.54. The Labute approximate surface area is 89.8 Å². The van der Waals surface area contributed by atoms with Gasteiger partial charge in [0.1, 0.15) is 5.82 Å². The molecular weight excluding hydrogens is 249 g/mol. The minimum absolute atomic E-state index is 0.114. The predicted octanol–water partition coefficient (Wildman–Crippen LogP) is 2.72. The van der Waals surface area contributed by atoms with Gasteiger partial charge < -0.3 is 4.90 Å². The zero-order valence-corrected chi connectivity index (χ0v) is 9.05. The van der Waals surface area contributed by atoms with Crippen molar-refractivity contribution in [2.24, 2.45) is 0 Å². The lowest BCUT2D eigenvalue weighted by Gasteiger charge is -2.15. The second kappa shape index (κ2) is 3.69. The van der Waals surface area contributed by atoms with Crippen LogP contribution in [0.5, 0.6) is 0 Å². The van der Waals surface area contributed by atoms with E-state index >= 15 is 0 Å². The molecule has 1 fully saturated rings. The Bertz CT molecular complexity index is 380. The molecule has 1 heterocycles. The molecule has 1 saturated heterocycles. The largest absolute Gasteiger partial charge is 0.312 e. The van der Waals surface area contributed by atoms with Crippen LogP contribution in [0.1, 0.15) is 12.8 Å². The summed E-state index contributed by atoms with van der Waals surface area (Å²) in [6.45, 7) is 0.733. The van der Waals surface area contributed by atoms with E-state index in [-0.39, 0.29) is 11.7 Å². The second-order valence-electron chi connectivity index (χ2n) is 3.25. The van der Waals surface area contributed by atoms with Gasteiger partial charge in [-0.25, -0.2) is 4.39 Å². The molecule has 1 aliphatic rings. The van der Waals surface area contributed by atoms with E-state index in [1.165, 1.54) is 6.07 Å². The monoisotopic (exact) mass is 257 g/mol. The third-order valence-corrected chi connectivity index (χ3v) is 2.90. The first kappa shape index (κ1) is 9.65. The Balaban J connectivity index is 2.32. The van der Waals surface area contributed by atoms with Crippen LogP contribution in [0.3, 0.4) is 0 Å². The molecule has 0 aromatic heterocycles. The molecule has 0 atom stereocenters. The Morgan fingerprint density at radius 1 is 1.43 bits per heavy atom. The molecule has 1 aliphatic heterocycles. The molecule has 0 radical (unpaired) electrons. The highest BCUT2D eigenvalue weighted by Crippen LogP contribution is 2.26. The highest BCUT2D eigenvalue weighted by atomic mass is 79.9. The van der Waals surface area contributed by atoms with Gasteiger partial charge in [0.15, 0.2) is 0 Å². The van der Waals surface area contributed by atoms with Crippen molar-refractivity contribution >= 4 is 27.5 Å². The van der Waals surface area contributed by atoms with Crippen molar-refractivity contribution in [1.29, 1.82) is 0 Å². The summed E-state index contributed by atoms with van der Waals surface area (Å²) in [7, 11) is 0. The molecule has 0 N–H and O–H groups in total. The van der Waals surface area contributed by atoms with Crippen molar-refractivity contribution in [2.75, 3.05) is 11.4 Å². The molecule has 0 aliphatic carbocycles. The molecule has 0 bridgehead atoms. The van der Waals surface area contributed by atoms with Crippen LogP contribution < -0.4 is 4.90 Å². The number of halogens is 2. The average molecular weight is 258 g/mol. The van der Waals surface area contributed by atoms with Crippen molar-refractivity contribution < 1.29 is 9.18 Å². The van der Waals surface area contributed by atoms with E-state index in [1.807, 2.05) is 0 Å². The van der Waals surface area contributed by atoms with Gasteiger partial charge in [-0.3, -0.25) is 4.79 Å². The fourth-order valence-corrected chi connectivity index (χ4v) is 1.94. The van der Waals surface area contributed by atoms with Gasteiger partial charge in [-0.2, -0.15) is 0 Å². The van der Waals surface area contributed by atoms with E-state index in [1.54, 1.807) is 17.0 Å². The van der Waals surface area contributed by atoms with Crippen LogP contribution in [0.15, 0.2) is 22.7 Å². The van der Waals surface area contributed by atoms with E-state index in [2.05, 4.69) is 15.9 Å². The van der Waals surface area contributed by atoms with Gasteiger partial charge in [-0.1, -0.05) is 0 Å². The third kappa shape index (κ3) is 1.66. The molecule has 2 nitrogen and oxygen atoms in total. The van der Waals surface area contributed by atoms with Crippen molar-refractivity contribution in [1.82, 2.24) is 0 Å². The summed E-state index contributed by atoms with van der Waals surface area (Å²) >= 11 is 3.10. The van der Waals surface area contributed by atoms with Gasteiger partial charge in [0.05, 0.1) is 4.47 Å². The number of benzene rings is 1. The summed E-state index contributed by atoms with van der Waals surface area (Å²) in [6, 6.07) is 4.63. The van der Waals surface area contributed by atoms with Crippen LogP contribution in [0.4, 0.5) is 10.1 Å². The molecular formula is C10H9BrFNO. The minimum Gasteiger partial charge on any atom is -0.312 e. The molecule has 74 valence electrons. The zero-order chi connectivity index (χ0) is 10.1. The van der Waals surface area contributed by atoms with Gasteiger partial charge in [-0.15, -0.1) is 0 Å². The highest BCUT2D eigenvalue weighted by molar-refractivity contribution is 9.10. The van der Waals surface area contributed by atoms with Gasteiger partial charge in [-0.05, 0) is 40.5 Å². The number of nitrogens with zero attached hydrogens (tertiary/aromatic N) is 1. The standard InChI is InChI=1S/C10H9BrFNO/c11-8-6-7(3-4-9(8)12)13-5-1-2-10(13)14/h3-4,6H,1-2,5H2. The summed E-state index contributed by atoms with van der Waals surface area (Å²) in [4.78, 5) is 13.1. The number of carbonyl (C=O) groups is 1. The molecule has 14 heavy (non-hydrogen) atoms. The molecule has 0 unspecified atom stereocenters. The predicted molar refractivity (Wildman–Crippen MR) is 55.7 cm³/mol. The maximum atomic E-state index is 12.9. The zero-order valence-electron chi connectivity index (χ0n) is 7.46. The Hall–Kier alpha value is -0.900. The SMILES string of the molecule is O=C1CCCN1c1ccc(F)c(Br)c1. The maximum absolute atomic E-state index is 12.9. The maximum Gasteiger partial charge on any atom is 0.227 e. The van der Waals surface area contributed by atoms with Crippen molar-refractivity contribution in [3.05, 3.63) is 28.5 Å². The van der Waals surface area contributed by atoms with Crippen LogP contribution in [-0.2, 0) is 4.79 Å². The van der Waals surface area contributed by atoms with Crippen LogP contribution in [-0.4, -0.2) is 12.5 Å². The van der Waals surface area contributed by atoms with Crippen LogP contribution in [0.2, 0.25) is 0 Å². The first-order chi connectivity index (χ1) is 6.68. The third-order valence-electron chi connectivity index (χ3n) is 2.29. The molecule has 1 aromatic rings. The smallest absolute Gasteiger partial charge is 0.227 e. The summed E-state index contributed by atoms with van der Waals surface area (Å²) in [5.41, 5.74) is 0.765. The lowest BCUT2D eigenvalue weighted by molar-refractivity contribution is -0.117. The topological polar surface area (TPSA) is 20.3 Å². The number of rotatable bonds is 1. The second-order valence-corrected chi connectivity index (χ2v) is 4.10. The van der Waals surface area contributed by atoms with E-state index in [0.717, 1.165) is 18.7 Å². The number of hydrogen-bond acceptors (Lipinski definition) is 1. The molecule has 1 amide bonds. The fourth-order valence-electron chi connectivity index (χ4n) is 1.57. The lowest BCUT2D eigenvalue weighted by Crippen LogP contribution is -2.23. The quantitative estimate of drug-likeness (QED) is 0.758. The van der Waals surface area contributed by atoms with E-state index in [9.17, 15) is 9.18 Å². The molecule has 2 rings (SSSR count). The number of carbonyl (C=O) groups excluding carboxylic acids is 1. The van der Waals surface area contributed by atoms with Crippen molar-refractivity contribution in [3.63, 3.8) is 0 Å². The van der Waals surface area contributed by atoms with E-state index in [4.69, 9.17) is 0 Å². The van der Waals surface area contributed by atoms with Crippen LogP contribution in [0, 0.1) is 5.82 Å². The van der Waals surface area contributed by atoms with Gasteiger partial charge in [0.2, 0.25) is 5.91 Å². The Morgan fingerprint density at radius 3 is 2.79 bits per heavy atom. The highest BCUT2D eigenvalue weighted by Gasteiger charge is 2.21. The first-order valence-corrected chi connectivity index (χ1v) is 5.23. The summed E-state index contributed by atoms with van der Waals surface area (Å²) < 4.78 is 13.3. The number of anilines is 1. The fraction of sp³-hybridized carbons (Fsp3) is 0.300. The van der Waals surface area contributed by atoms with E-state index < -0.39 is 0 Å². The van der Waals surface area contributed by atoms with Gasteiger partial charge in [0.25, 0.3) is 0 Å². The summed E-state index contributed by atoms with van der Waals surface area (Å²) in [5, 5.41) is 0. The summed E-state index contributed by atoms with van der Waals surface area (Å²) in [6.07, 6.45) is 1.48. The van der Waals surface area contributed by atoms with Crippen LogP contribution >= 0.6 is 15.9 Å². The normalized spacial score (nSPS) is 16.4. The van der Waals surface area contributed by atoms with E-state index in [0.29, 0.717) is 10.9 Å². The summed E-state index contributed by atoms with van der Waals surface area (Å²) in [5.74, 6) is -0.191. The Morgan fingerprint density at radius 2 is 2.21 bits per heavy atom. The number of amides is 1. The van der Waals surface area contributed by atoms with Crippen molar-refractivity contribution in [2.45, 2.75) is 12.8 Å². The molecule has 0 saturated carbocycles. The van der Waals surface area contributed by atoms with Crippen molar-refractivity contribution in [3.8, 4) is 0 Å². The minimum atomic E-state index is -0.305. The van der Waals surface area contributed by atoms with Crippen LogP contribution in [0.25, 0.3) is 0 Å². The molecule has 4 heteroatoms. The van der Waals surface area contributed by atoms with Gasteiger partial charge >= 0.3 is 0 Å². The molecule has 1 aromatic carbocycles.